The van der Waals surface area contributed by atoms with Gasteiger partial charge < -0.3 is 16.4 Å². The summed E-state index contributed by atoms with van der Waals surface area (Å²) in [7, 11) is 3.96. The first kappa shape index (κ1) is 11.8. The van der Waals surface area contributed by atoms with Crippen LogP contribution in [0, 0.1) is 0 Å². The van der Waals surface area contributed by atoms with Gasteiger partial charge in [0.25, 0.3) is 0 Å². The maximum Gasteiger partial charge on any atom is 0.146 e. The molecule has 0 aromatic carbocycles. The standard InChI is InChI=1S/C10H21N5/c1-10(2,3)15-9(12)8(11)7(13-15)6-14(4)5/h6,11-12H2,1-5H3. The summed E-state index contributed by atoms with van der Waals surface area (Å²) in [5.41, 5.74) is 13.1. The van der Waals surface area contributed by atoms with Gasteiger partial charge in [-0.2, -0.15) is 5.10 Å². The molecule has 1 aromatic rings. The van der Waals surface area contributed by atoms with Crippen LogP contribution in [0.1, 0.15) is 26.5 Å². The minimum Gasteiger partial charge on any atom is -0.394 e. The maximum absolute atomic E-state index is 5.92. The number of nitrogen functional groups attached to an aromatic ring is 2. The summed E-state index contributed by atoms with van der Waals surface area (Å²) in [6.45, 7) is 6.86. The van der Waals surface area contributed by atoms with E-state index in [0.29, 0.717) is 18.1 Å². The Morgan fingerprint density at radius 1 is 1.27 bits per heavy atom. The second-order valence-electron chi connectivity index (χ2n) is 5.07. The van der Waals surface area contributed by atoms with Crippen molar-refractivity contribution >= 4 is 11.5 Å². The van der Waals surface area contributed by atoms with Crippen LogP contribution in [-0.2, 0) is 12.1 Å². The highest BCUT2D eigenvalue weighted by atomic mass is 15.4. The van der Waals surface area contributed by atoms with Crippen molar-refractivity contribution in [2.75, 3.05) is 25.6 Å². The minimum atomic E-state index is -0.136. The van der Waals surface area contributed by atoms with Gasteiger partial charge in [-0.15, -0.1) is 0 Å². The fourth-order valence-electron chi connectivity index (χ4n) is 1.42. The highest BCUT2D eigenvalue weighted by Gasteiger charge is 2.21. The van der Waals surface area contributed by atoms with Crippen molar-refractivity contribution in [2.45, 2.75) is 32.9 Å². The summed E-state index contributed by atoms with van der Waals surface area (Å²) < 4.78 is 1.78. The Morgan fingerprint density at radius 3 is 2.13 bits per heavy atom. The molecule has 5 heteroatoms. The van der Waals surface area contributed by atoms with E-state index in [0.717, 1.165) is 5.69 Å². The average molecular weight is 211 g/mol. The molecule has 0 radical (unpaired) electrons. The topological polar surface area (TPSA) is 73.1 Å². The Hall–Kier alpha value is -1.23. The van der Waals surface area contributed by atoms with Crippen molar-refractivity contribution in [3.8, 4) is 0 Å². The van der Waals surface area contributed by atoms with Crippen LogP contribution in [0.25, 0.3) is 0 Å². The largest absolute Gasteiger partial charge is 0.394 e. The Labute approximate surface area is 91.0 Å². The summed E-state index contributed by atoms with van der Waals surface area (Å²) in [4.78, 5) is 2.02. The van der Waals surface area contributed by atoms with E-state index in [9.17, 15) is 0 Å². The summed E-state index contributed by atoms with van der Waals surface area (Å²) in [5.74, 6) is 0.555. The molecule has 0 aliphatic rings. The van der Waals surface area contributed by atoms with Crippen LogP contribution < -0.4 is 11.5 Å². The number of hydrogen-bond acceptors (Lipinski definition) is 4. The van der Waals surface area contributed by atoms with Crippen molar-refractivity contribution in [3.63, 3.8) is 0 Å². The lowest BCUT2D eigenvalue weighted by atomic mass is 10.1. The fourth-order valence-corrected chi connectivity index (χ4v) is 1.42. The minimum absolute atomic E-state index is 0.136. The lowest BCUT2D eigenvalue weighted by Gasteiger charge is -2.20. The predicted octanol–water partition coefficient (Wildman–Crippen LogP) is 0.864. The maximum atomic E-state index is 5.92. The monoisotopic (exact) mass is 211 g/mol. The molecule has 0 atom stereocenters. The van der Waals surface area contributed by atoms with Gasteiger partial charge >= 0.3 is 0 Å². The molecule has 0 fully saturated rings. The van der Waals surface area contributed by atoms with E-state index in [-0.39, 0.29) is 5.54 Å². The summed E-state index contributed by atoms with van der Waals surface area (Å²) in [6, 6.07) is 0. The summed E-state index contributed by atoms with van der Waals surface area (Å²) in [6.07, 6.45) is 0. The van der Waals surface area contributed by atoms with Crippen LogP contribution in [0.3, 0.4) is 0 Å². The van der Waals surface area contributed by atoms with Crippen molar-refractivity contribution in [1.29, 1.82) is 0 Å². The smallest absolute Gasteiger partial charge is 0.146 e. The van der Waals surface area contributed by atoms with E-state index in [1.54, 1.807) is 4.68 Å². The second kappa shape index (κ2) is 3.73. The Kier molecular flexibility index (Phi) is 2.95. The Morgan fingerprint density at radius 2 is 1.80 bits per heavy atom. The third-order valence-electron chi connectivity index (χ3n) is 2.14. The summed E-state index contributed by atoms with van der Waals surface area (Å²) in [5, 5.41) is 4.45. The van der Waals surface area contributed by atoms with Gasteiger partial charge in [0.15, 0.2) is 0 Å². The molecule has 0 aliphatic carbocycles. The molecule has 1 heterocycles. The van der Waals surface area contributed by atoms with E-state index in [4.69, 9.17) is 11.5 Å². The molecule has 5 nitrogen and oxygen atoms in total. The van der Waals surface area contributed by atoms with Gasteiger partial charge in [-0.25, -0.2) is 4.68 Å². The molecule has 1 aromatic heterocycles. The van der Waals surface area contributed by atoms with Gasteiger partial charge in [-0.05, 0) is 34.9 Å². The van der Waals surface area contributed by atoms with Crippen molar-refractivity contribution in [1.82, 2.24) is 14.7 Å². The molecule has 86 valence electrons. The number of nitrogens with zero attached hydrogens (tertiary/aromatic N) is 3. The van der Waals surface area contributed by atoms with E-state index in [1.807, 2.05) is 19.0 Å². The molecular weight excluding hydrogens is 190 g/mol. The first-order chi connectivity index (χ1) is 6.73. The molecule has 0 saturated carbocycles. The molecule has 0 saturated heterocycles. The number of nitrogens with two attached hydrogens (primary N) is 2. The molecular formula is C10H21N5. The fraction of sp³-hybridized carbons (Fsp3) is 0.700. The molecule has 0 amide bonds. The summed E-state index contributed by atoms with van der Waals surface area (Å²) >= 11 is 0. The highest BCUT2D eigenvalue weighted by molar-refractivity contribution is 5.62. The van der Waals surface area contributed by atoms with Gasteiger partial charge in [0.1, 0.15) is 11.5 Å². The van der Waals surface area contributed by atoms with Crippen LogP contribution in [0.2, 0.25) is 0 Å². The number of rotatable bonds is 2. The van der Waals surface area contributed by atoms with Gasteiger partial charge in [-0.3, -0.25) is 0 Å². The van der Waals surface area contributed by atoms with Crippen LogP contribution in [0.15, 0.2) is 0 Å². The third kappa shape index (κ3) is 2.41. The number of hydrogen-bond donors (Lipinski definition) is 2. The zero-order chi connectivity index (χ0) is 11.8. The van der Waals surface area contributed by atoms with E-state index < -0.39 is 0 Å². The van der Waals surface area contributed by atoms with E-state index in [2.05, 4.69) is 25.9 Å². The predicted molar refractivity (Wildman–Crippen MR) is 63.4 cm³/mol. The second-order valence-corrected chi connectivity index (χ2v) is 5.07. The number of anilines is 2. The van der Waals surface area contributed by atoms with Crippen LogP contribution >= 0.6 is 0 Å². The molecule has 0 aliphatic heterocycles. The third-order valence-corrected chi connectivity index (χ3v) is 2.14. The normalized spacial score (nSPS) is 12.4. The number of aromatic nitrogens is 2. The lowest BCUT2D eigenvalue weighted by molar-refractivity contribution is 0.347. The first-order valence-electron chi connectivity index (χ1n) is 5.01. The highest BCUT2D eigenvalue weighted by Crippen LogP contribution is 2.26. The Balaban J connectivity index is 3.13. The lowest BCUT2D eigenvalue weighted by Crippen LogP contribution is -2.25. The van der Waals surface area contributed by atoms with Crippen molar-refractivity contribution in [2.24, 2.45) is 0 Å². The van der Waals surface area contributed by atoms with Gasteiger partial charge in [0.2, 0.25) is 0 Å². The molecule has 0 unspecified atom stereocenters. The van der Waals surface area contributed by atoms with E-state index >= 15 is 0 Å². The average Bonchev–Trinajstić information content (AvgIpc) is 2.30. The van der Waals surface area contributed by atoms with Crippen molar-refractivity contribution in [3.05, 3.63) is 5.69 Å². The van der Waals surface area contributed by atoms with Gasteiger partial charge in [0.05, 0.1) is 11.2 Å². The zero-order valence-electron chi connectivity index (χ0n) is 10.2. The molecule has 0 spiro atoms. The molecule has 4 N–H and O–H groups in total. The van der Waals surface area contributed by atoms with Crippen molar-refractivity contribution < 1.29 is 0 Å². The van der Waals surface area contributed by atoms with Gasteiger partial charge in [0, 0.05) is 6.54 Å². The van der Waals surface area contributed by atoms with Crippen LogP contribution in [-0.4, -0.2) is 28.8 Å². The quantitative estimate of drug-likeness (QED) is 0.761. The molecule has 1 rings (SSSR count). The molecule has 15 heavy (non-hydrogen) atoms. The molecule has 0 bridgehead atoms. The first-order valence-corrected chi connectivity index (χ1v) is 5.01. The zero-order valence-corrected chi connectivity index (χ0v) is 10.2. The van der Waals surface area contributed by atoms with E-state index in [1.165, 1.54) is 0 Å². The van der Waals surface area contributed by atoms with Crippen LogP contribution in [0.5, 0.6) is 0 Å². The Bertz CT molecular complexity index is 345. The SMILES string of the molecule is CN(C)Cc1nn(C(C)(C)C)c(N)c1N. The van der Waals surface area contributed by atoms with Gasteiger partial charge in [-0.1, -0.05) is 0 Å². The van der Waals surface area contributed by atoms with Crippen LogP contribution in [0.4, 0.5) is 11.5 Å².